The molecule has 0 bridgehead atoms. The molecule has 1 fully saturated rings. The molecule has 1 aromatic carbocycles. The first-order valence-electron chi connectivity index (χ1n) is 6.33. The number of aromatic nitrogens is 1. The van der Waals surface area contributed by atoms with Crippen LogP contribution in [0.4, 0.5) is 0 Å². The number of ether oxygens (including phenoxy) is 1. The number of benzene rings is 1. The number of morpholine rings is 1. The SMILES string of the molecule is Brc1cccc(-c2csc(CC3COCCN3)n2)c1. The van der Waals surface area contributed by atoms with E-state index in [1.54, 1.807) is 11.3 Å². The second-order valence-corrected chi connectivity index (χ2v) is 6.43. The maximum Gasteiger partial charge on any atom is 0.0949 e. The van der Waals surface area contributed by atoms with Gasteiger partial charge in [0.25, 0.3) is 0 Å². The van der Waals surface area contributed by atoms with Crippen molar-refractivity contribution in [3.63, 3.8) is 0 Å². The summed E-state index contributed by atoms with van der Waals surface area (Å²) < 4.78 is 6.55. The quantitative estimate of drug-likeness (QED) is 0.933. The lowest BCUT2D eigenvalue weighted by molar-refractivity contribution is 0.0770. The van der Waals surface area contributed by atoms with Crippen molar-refractivity contribution in [2.24, 2.45) is 0 Å². The summed E-state index contributed by atoms with van der Waals surface area (Å²) >= 11 is 5.22. The Bertz CT molecular complexity index is 552. The monoisotopic (exact) mass is 338 g/mol. The molecule has 0 aliphatic carbocycles. The van der Waals surface area contributed by atoms with Gasteiger partial charge in [-0.05, 0) is 12.1 Å². The molecule has 5 heteroatoms. The number of halogens is 1. The molecule has 0 saturated carbocycles. The first-order valence-corrected chi connectivity index (χ1v) is 8.00. The number of rotatable bonds is 3. The van der Waals surface area contributed by atoms with Crippen molar-refractivity contribution in [2.75, 3.05) is 19.8 Å². The predicted molar refractivity (Wildman–Crippen MR) is 81.6 cm³/mol. The van der Waals surface area contributed by atoms with Gasteiger partial charge in [0.2, 0.25) is 0 Å². The lowest BCUT2D eigenvalue weighted by Gasteiger charge is -2.22. The molecule has 0 amide bonds. The van der Waals surface area contributed by atoms with Crippen LogP contribution in [0.2, 0.25) is 0 Å². The fourth-order valence-electron chi connectivity index (χ4n) is 2.15. The van der Waals surface area contributed by atoms with Gasteiger partial charge in [-0.15, -0.1) is 11.3 Å². The standard InChI is InChI=1S/C14H15BrN2OS/c15-11-3-1-2-10(6-11)13-9-19-14(17-13)7-12-8-18-5-4-16-12/h1-3,6,9,12,16H,4-5,7-8H2. The van der Waals surface area contributed by atoms with Gasteiger partial charge in [0.15, 0.2) is 0 Å². The summed E-state index contributed by atoms with van der Waals surface area (Å²) in [5.41, 5.74) is 2.21. The number of nitrogens with one attached hydrogen (secondary N) is 1. The molecule has 1 N–H and O–H groups in total. The van der Waals surface area contributed by atoms with Gasteiger partial charge in [0, 0.05) is 34.4 Å². The molecule has 2 heterocycles. The van der Waals surface area contributed by atoms with E-state index in [0.29, 0.717) is 6.04 Å². The van der Waals surface area contributed by atoms with Crippen LogP contribution in [-0.2, 0) is 11.2 Å². The van der Waals surface area contributed by atoms with Crippen LogP contribution < -0.4 is 5.32 Å². The van der Waals surface area contributed by atoms with Crippen molar-refractivity contribution >= 4 is 27.3 Å². The summed E-state index contributed by atoms with van der Waals surface area (Å²) in [6, 6.07) is 8.65. The van der Waals surface area contributed by atoms with Crippen LogP contribution in [0.25, 0.3) is 11.3 Å². The molecular weight excluding hydrogens is 324 g/mol. The van der Waals surface area contributed by atoms with Crippen LogP contribution in [0.5, 0.6) is 0 Å². The highest BCUT2D eigenvalue weighted by Gasteiger charge is 2.15. The van der Waals surface area contributed by atoms with Crippen LogP contribution in [0.3, 0.4) is 0 Å². The van der Waals surface area contributed by atoms with E-state index in [9.17, 15) is 0 Å². The minimum absolute atomic E-state index is 0.398. The van der Waals surface area contributed by atoms with Crippen molar-refractivity contribution in [3.05, 3.63) is 39.1 Å². The lowest BCUT2D eigenvalue weighted by Crippen LogP contribution is -2.42. The Balaban J connectivity index is 1.72. The predicted octanol–water partition coefficient (Wildman–Crippen LogP) is 3.10. The minimum atomic E-state index is 0.398. The Morgan fingerprint density at radius 2 is 2.42 bits per heavy atom. The summed E-state index contributed by atoms with van der Waals surface area (Å²) in [5.74, 6) is 0. The normalized spacial score (nSPS) is 19.5. The third-order valence-electron chi connectivity index (χ3n) is 3.09. The molecular formula is C14H15BrN2OS. The Morgan fingerprint density at radius 1 is 1.47 bits per heavy atom. The molecule has 19 heavy (non-hydrogen) atoms. The molecule has 1 aliphatic rings. The van der Waals surface area contributed by atoms with Gasteiger partial charge in [0.1, 0.15) is 0 Å². The van der Waals surface area contributed by atoms with E-state index in [4.69, 9.17) is 9.72 Å². The number of hydrogen-bond acceptors (Lipinski definition) is 4. The summed E-state index contributed by atoms with van der Waals surface area (Å²) in [5, 5.41) is 6.75. The smallest absolute Gasteiger partial charge is 0.0949 e. The van der Waals surface area contributed by atoms with E-state index >= 15 is 0 Å². The Morgan fingerprint density at radius 3 is 3.21 bits per heavy atom. The first-order chi connectivity index (χ1) is 9.31. The largest absolute Gasteiger partial charge is 0.379 e. The highest BCUT2D eigenvalue weighted by atomic mass is 79.9. The van der Waals surface area contributed by atoms with Gasteiger partial charge in [-0.3, -0.25) is 0 Å². The van der Waals surface area contributed by atoms with Crippen molar-refractivity contribution in [2.45, 2.75) is 12.5 Å². The van der Waals surface area contributed by atoms with Crippen LogP contribution in [0, 0.1) is 0 Å². The zero-order valence-electron chi connectivity index (χ0n) is 10.4. The first kappa shape index (κ1) is 13.2. The Labute approximate surface area is 125 Å². The second kappa shape index (κ2) is 6.13. The number of nitrogens with zero attached hydrogens (tertiary/aromatic N) is 1. The van der Waals surface area contributed by atoms with Gasteiger partial charge < -0.3 is 10.1 Å². The van der Waals surface area contributed by atoms with Gasteiger partial charge in [-0.25, -0.2) is 4.98 Å². The molecule has 0 radical (unpaired) electrons. The average Bonchev–Trinajstić information content (AvgIpc) is 2.88. The van der Waals surface area contributed by atoms with Crippen LogP contribution >= 0.6 is 27.3 Å². The number of hydrogen-bond donors (Lipinski definition) is 1. The van der Waals surface area contributed by atoms with Crippen LogP contribution in [0.15, 0.2) is 34.1 Å². The van der Waals surface area contributed by atoms with Crippen molar-refractivity contribution in [1.82, 2.24) is 10.3 Å². The molecule has 2 aromatic rings. The highest BCUT2D eigenvalue weighted by Crippen LogP contribution is 2.25. The minimum Gasteiger partial charge on any atom is -0.379 e. The molecule has 0 spiro atoms. The molecule has 100 valence electrons. The molecule has 3 rings (SSSR count). The van der Waals surface area contributed by atoms with Gasteiger partial charge >= 0.3 is 0 Å². The van der Waals surface area contributed by atoms with Crippen molar-refractivity contribution < 1.29 is 4.74 Å². The maximum atomic E-state index is 5.47. The highest BCUT2D eigenvalue weighted by molar-refractivity contribution is 9.10. The number of thiazole rings is 1. The topological polar surface area (TPSA) is 34.1 Å². The lowest BCUT2D eigenvalue weighted by atomic mass is 10.2. The fourth-order valence-corrected chi connectivity index (χ4v) is 3.43. The summed E-state index contributed by atoms with van der Waals surface area (Å²) in [7, 11) is 0. The Kier molecular flexibility index (Phi) is 4.28. The van der Waals surface area contributed by atoms with Crippen LogP contribution in [0.1, 0.15) is 5.01 Å². The second-order valence-electron chi connectivity index (χ2n) is 4.57. The van der Waals surface area contributed by atoms with E-state index in [2.05, 4.69) is 38.8 Å². The van der Waals surface area contributed by atoms with Gasteiger partial charge in [0.05, 0.1) is 23.9 Å². The average molecular weight is 339 g/mol. The molecule has 1 aromatic heterocycles. The summed E-state index contributed by atoms with van der Waals surface area (Å²) in [6.07, 6.45) is 0.943. The van der Waals surface area contributed by atoms with E-state index in [1.807, 2.05) is 12.1 Å². The summed E-state index contributed by atoms with van der Waals surface area (Å²) in [6.45, 7) is 2.54. The molecule has 3 nitrogen and oxygen atoms in total. The zero-order valence-corrected chi connectivity index (χ0v) is 12.8. The maximum absolute atomic E-state index is 5.47. The van der Waals surface area contributed by atoms with E-state index < -0.39 is 0 Å². The molecule has 1 aliphatic heterocycles. The van der Waals surface area contributed by atoms with E-state index in [0.717, 1.165) is 46.9 Å². The third kappa shape index (κ3) is 3.42. The Hall–Kier alpha value is -0.750. The van der Waals surface area contributed by atoms with Crippen molar-refractivity contribution in [3.8, 4) is 11.3 Å². The fraction of sp³-hybridized carbons (Fsp3) is 0.357. The molecule has 1 saturated heterocycles. The molecule has 1 unspecified atom stereocenters. The zero-order chi connectivity index (χ0) is 13.1. The van der Waals surface area contributed by atoms with Gasteiger partial charge in [-0.1, -0.05) is 28.1 Å². The van der Waals surface area contributed by atoms with E-state index in [1.165, 1.54) is 0 Å². The summed E-state index contributed by atoms with van der Waals surface area (Å²) in [4.78, 5) is 4.72. The van der Waals surface area contributed by atoms with Crippen molar-refractivity contribution in [1.29, 1.82) is 0 Å². The van der Waals surface area contributed by atoms with Crippen LogP contribution in [-0.4, -0.2) is 30.8 Å². The molecule has 1 atom stereocenters. The van der Waals surface area contributed by atoms with Gasteiger partial charge in [-0.2, -0.15) is 0 Å². The third-order valence-corrected chi connectivity index (χ3v) is 4.46. The van der Waals surface area contributed by atoms with E-state index in [-0.39, 0.29) is 0 Å².